The van der Waals surface area contributed by atoms with E-state index in [1.807, 2.05) is 12.1 Å². The SMILES string of the molecule is CCn1c(SCC(=O)NC(C)(C)CC(C)(C)C)nnc1-c1cccc(C)c1. The molecule has 0 saturated heterocycles. The maximum Gasteiger partial charge on any atom is 0.230 e. The van der Waals surface area contributed by atoms with Gasteiger partial charge in [0, 0.05) is 17.6 Å². The first-order valence-electron chi connectivity index (χ1n) is 9.45. The minimum absolute atomic E-state index is 0.0250. The largest absolute Gasteiger partial charge is 0.350 e. The number of hydrogen-bond donors (Lipinski definition) is 1. The van der Waals surface area contributed by atoms with Crippen molar-refractivity contribution in [1.82, 2.24) is 20.1 Å². The molecule has 1 aromatic heterocycles. The molecule has 0 fully saturated rings. The molecule has 27 heavy (non-hydrogen) atoms. The second kappa shape index (κ2) is 8.46. The van der Waals surface area contributed by atoms with Crippen LogP contribution in [-0.4, -0.2) is 32.0 Å². The molecule has 0 aliphatic carbocycles. The summed E-state index contributed by atoms with van der Waals surface area (Å²) in [6, 6.07) is 8.23. The first-order valence-corrected chi connectivity index (χ1v) is 10.4. The van der Waals surface area contributed by atoms with Gasteiger partial charge in [0.1, 0.15) is 0 Å². The second-order valence-electron chi connectivity index (χ2n) is 8.88. The molecule has 0 atom stereocenters. The van der Waals surface area contributed by atoms with Crippen molar-refractivity contribution in [3.8, 4) is 11.4 Å². The van der Waals surface area contributed by atoms with E-state index in [0.29, 0.717) is 5.75 Å². The quantitative estimate of drug-likeness (QED) is 0.699. The van der Waals surface area contributed by atoms with Gasteiger partial charge in [-0.05, 0) is 45.6 Å². The monoisotopic (exact) mass is 388 g/mol. The predicted molar refractivity (Wildman–Crippen MR) is 113 cm³/mol. The lowest BCUT2D eigenvalue weighted by molar-refractivity contribution is -0.120. The van der Waals surface area contributed by atoms with Gasteiger partial charge in [-0.2, -0.15) is 0 Å². The van der Waals surface area contributed by atoms with Crippen molar-refractivity contribution in [2.24, 2.45) is 5.41 Å². The van der Waals surface area contributed by atoms with Gasteiger partial charge in [0.2, 0.25) is 5.91 Å². The van der Waals surface area contributed by atoms with Crippen molar-refractivity contribution in [3.63, 3.8) is 0 Å². The van der Waals surface area contributed by atoms with Gasteiger partial charge in [-0.15, -0.1) is 10.2 Å². The van der Waals surface area contributed by atoms with E-state index in [1.165, 1.54) is 17.3 Å². The zero-order valence-corrected chi connectivity index (χ0v) is 18.4. The number of nitrogens with one attached hydrogen (secondary N) is 1. The van der Waals surface area contributed by atoms with Gasteiger partial charge in [0.05, 0.1) is 5.75 Å². The first-order chi connectivity index (χ1) is 12.5. The van der Waals surface area contributed by atoms with Gasteiger partial charge in [0.15, 0.2) is 11.0 Å². The topological polar surface area (TPSA) is 59.8 Å². The van der Waals surface area contributed by atoms with Crippen molar-refractivity contribution in [3.05, 3.63) is 29.8 Å². The van der Waals surface area contributed by atoms with E-state index < -0.39 is 0 Å². The second-order valence-corrected chi connectivity index (χ2v) is 9.82. The van der Waals surface area contributed by atoms with Crippen molar-refractivity contribution >= 4 is 17.7 Å². The zero-order chi connectivity index (χ0) is 20.2. The van der Waals surface area contributed by atoms with Gasteiger partial charge >= 0.3 is 0 Å². The minimum atomic E-state index is -0.235. The molecule has 0 bridgehead atoms. The maximum absolute atomic E-state index is 12.4. The Morgan fingerprint density at radius 2 is 1.89 bits per heavy atom. The molecule has 0 aliphatic rings. The Bertz CT molecular complexity index is 790. The molecule has 6 heteroatoms. The van der Waals surface area contributed by atoms with Crippen LogP contribution < -0.4 is 5.32 Å². The smallest absolute Gasteiger partial charge is 0.230 e. The fraction of sp³-hybridized carbons (Fsp3) is 0.571. The minimum Gasteiger partial charge on any atom is -0.350 e. The Balaban J connectivity index is 2.05. The number of amides is 1. The summed E-state index contributed by atoms with van der Waals surface area (Å²) in [6.45, 7) is 15.6. The highest BCUT2D eigenvalue weighted by atomic mass is 32.2. The normalized spacial score (nSPS) is 12.3. The number of carbonyl (C=O) groups excluding carboxylic acids is 1. The molecule has 1 aromatic carbocycles. The van der Waals surface area contributed by atoms with E-state index in [0.717, 1.165) is 29.5 Å². The van der Waals surface area contributed by atoms with Gasteiger partial charge in [-0.3, -0.25) is 4.79 Å². The summed E-state index contributed by atoms with van der Waals surface area (Å²) in [5.41, 5.74) is 2.16. The third kappa shape index (κ3) is 6.38. The van der Waals surface area contributed by atoms with E-state index in [4.69, 9.17) is 0 Å². The number of nitrogens with zero attached hydrogens (tertiary/aromatic N) is 3. The van der Waals surface area contributed by atoms with Crippen LogP contribution in [0.4, 0.5) is 0 Å². The van der Waals surface area contributed by atoms with E-state index in [2.05, 4.69) is 80.7 Å². The molecule has 5 nitrogen and oxygen atoms in total. The number of benzene rings is 1. The molecule has 0 saturated carbocycles. The lowest BCUT2D eigenvalue weighted by Gasteiger charge is -2.33. The van der Waals surface area contributed by atoms with Crippen molar-refractivity contribution in [2.75, 3.05) is 5.75 Å². The Hall–Kier alpha value is -1.82. The number of aromatic nitrogens is 3. The summed E-state index contributed by atoms with van der Waals surface area (Å²) in [5.74, 6) is 1.20. The first kappa shape index (κ1) is 21.5. The molecule has 0 aliphatic heterocycles. The number of thioether (sulfide) groups is 1. The van der Waals surface area contributed by atoms with E-state index in [1.54, 1.807) is 0 Å². The number of hydrogen-bond acceptors (Lipinski definition) is 4. The summed E-state index contributed by atoms with van der Waals surface area (Å²) in [7, 11) is 0. The van der Waals surface area contributed by atoms with Crippen molar-refractivity contribution < 1.29 is 4.79 Å². The lowest BCUT2D eigenvalue weighted by atomic mass is 9.82. The number of rotatable bonds is 7. The summed E-state index contributed by atoms with van der Waals surface area (Å²) >= 11 is 1.44. The lowest BCUT2D eigenvalue weighted by Crippen LogP contribution is -2.46. The maximum atomic E-state index is 12.4. The highest BCUT2D eigenvalue weighted by molar-refractivity contribution is 7.99. The average molecular weight is 389 g/mol. The van der Waals surface area contributed by atoms with Crippen LogP contribution in [0.3, 0.4) is 0 Å². The van der Waals surface area contributed by atoms with Crippen LogP contribution >= 0.6 is 11.8 Å². The van der Waals surface area contributed by atoms with Gasteiger partial charge < -0.3 is 9.88 Å². The number of aryl methyl sites for hydroxylation is 1. The van der Waals surface area contributed by atoms with Crippen LogP contribution in [-0.2, 0) is 11.3 Å². The molecule has 0 spiro atoms. The summed E-state index contributed by atoms with van der Waals surface area (Å²) in [4.78, 5) is 12.4. The Kier molecular flexibility index (Phi) is 6.73. The zero-order valence-electron chi connectivity index (χ0n) is 17.6. The molecular weight excluding hydrogens is 356 g/mol. The summed E-state index contributed by atoms with van der Waals surface area (Å²) in [6.07, 6.45) is 0.916. The molecule has 0 unspecified atom stereocenters. The average Bonchev–Trinajstić information content (AvgIpc) is 2.92. The summed E-state index contributed by atoms with van der Waals surface area (Å²) in [5, 5.41) is 12.6. The van der Waals surface area contributed by atoms with Crippen molar-refractivity contribution in [1.29, 1.82) is 0 Å². The van der Waals surface area contributed by atoms with E-state index in [-0.39, 0.29) is 16.9 Å². The van der Waals surface area contributed by atoms with Crippen LogP contribution in [0.1, 0.15) is 53.5 Å². The molecule has 148 valence electrons. The fourth-order valence-corrected chi connectivity index (χ4v) is 4.39. The van der Waals surface area contributed by atoms with Crippen LogP contribution in [0, 0.1) is 12.3 Å². The highest BCUT2D eigenvalue weighted by Crippen LogP contribution is 2.28. The standard InChI is InChI=1S/C21H32N4OS/c1-8-25-18(16-11-9-10-15(2)12-16)23-24-19(25)27-13-17(26)22-21(6,7)14-20(3,4)5/h9-12H,8,13-14H2,1-7H3,(H,22,26). The van der Waals surface area contributed by atoms with Gasteiger partial charge in [-0.25, -0.2) is 0 Å². The highest BCUT2D eigenvalue weighted by Gasteiger charge is 2.27. The van der Waals surface area contributed by atoms with Crippen molar-refractivity contribution in [2.45, 2.75) is 72.1 Å². The third-order valence-corrected chi connectivity index (χ3v) is 5.06. The van der Waals surface area contributed by atoms with Crippen LogP contribution in [0.2, 0.25) is 0 Å². The van der Waals surface area contributed by atoms with Gasteiger partial charge in [0.25, 0.3) is 0 Å². The van der Waals surface area contributed by atoms with Crippen LogP contribution in [0.5, 0.6) is 0 Å². The Labute approximate surface area is 167 Å². The molecule has 1 amide bonds. The molecule has 2 rings (SSSR count). The third-order valence-electron chi connectivity index (χ3n) is 4.09. The molecule has 1 heterocycles. The van der Waals surface area contributed by atoms with E-state index in [9.17, 15) is 4.79 Å². The summed E-state index contributed by atoms with van der Waals surface area (Å²) < 4.78 is 2.06. The molecular formula is C21H32N4OS. The van der Waals surface area contributed by atoms with E-state index >= 15 is 0 Å². The van der Waals surface area contributed by atoms with Crippen LogP contribution in [0.25, 0.3) is 11.4 Å². The molecule has 2 aromatic rings. The Morgan fingerprint density at radius 3 is 2.48 bits per heavy atom. The number of carbonyl (C=O) groups is 1. The molecule has 1 N–H and O–H groups in total. The fourth-order valence-electron chi connectivity index (χ4n) is 3.59. The van der Waals surface area contributed by atoms with Crippen LogP contribution in [0.15, 0.2) is 29.4 Å². The predicted octanol–water partition coefficient (Wildman–Crippen LogP) is 4.70. The Morgan fingerprint density at radius 1 is 1.19 bits per heavy atom. The van der Waals surface area contributed by atoms with Gasteiger partial charge in [-0.1, -0.05) is 56.3 Å². The molecule has 0 radical (unpaired) electrons.